The van der Waals surface area contributed by atoms with Gasteiger partial charge in [-0.05, 0) is 59.1 Å². The first-order valence-electron chi connectivity index (χ1n) is 5.80. The fourth-order valence-corrected chi connectivity index (χ4v) is 1.03. The van der Waals surface area contributed by atoms with Crippen molar-refractivity contribution < 1.29 is 14.7 Å². The lowest BCUT2D eigenvalue weighted by atomic mass is 10.2. The summed E-state index contributed by atoms with van der Waals surface area (Å²) in [6, 6.07) is 0. The Bertz CT molecular complexity index is 305. The van der Waals surface area contributed by atoms with E-state index in [4.69, 9.17) is 4.74 Å². The molecule has 0 saturated carbocycles. The van der Waals surface area contributed by atoms with Crippen molar-refractivity contribution in [2.45, 2.75) is 53.1 Å². The van der Waals surface area contributed by atoms with Crippen LogP contribution in [0.4, 0.5) is 4.79 Å². The summed E-state index contributed by atoms with van der Waals surface area (Å²) in [5, 5.41) is 10.0. The standard InChI is InChI=1S/C13H23NO3/c1-11(2)9-7-6-8-10-14(16)12(15)17-13(3,4)5/h7,16H,6,8,10H2,1-5H3. The van der Waals surface area contributed by atoms with Gasteiger partial charge in [-0.25, -0.2) is 4.79 Å². The van der Waals surface area contributed by atoms with E-state index in [2.05, 4.69) is 5.73 Å². The number of hydroxylamine groups is 2. The van der Waals surface area contributed by atoms with Gasteiger partial charge in [0.25, 0.3) is 0 Å². The molecule has 0 saturated heterocycles. The largest absolute Gasteiger partial charge is 0.442 e. The Hall–Kier alpha value is -1.25. The predicted octanol–water partition coefficient (Wildman–Crippen LogP) is 3.51. The van der Waals surface area contributed by atoms with E-state index in [1.807, 2.05) is 19.9 Å². The third-order valence-electron chi connectivity index (χ3n) is 1.71. The van der Waals surface area contributed by atoms with Crippen molar-refractivity contribution in [2.75, 3.05) is 6.54 Å². The van der Waals surface area contributed by atoms with Crippen LogP contribution in [0.5, 0.6) is 0 Å². The first kappa shape index (κ1) is 15.8. The first-order valence-corrected chi connectivity index (χ1v) is 5.80. The third kappa shape index (κ3) is 9.67. The second-order valence-electron chi connectivity index (χ2n) is 5.09. The molecule has 0 radical (unpaired) electrons. The van der Waals surface area contributed by atoms with Crippen molar-refractivity contribution in [1.29, 1.82) is 0 Å². The number of hydrogen-bond donors (Lipinski definition) is 1. The van der Waals surface area contributed by atoms with E-state index in [0.717, 1.165) is 12.0 Å². The molecule has 0 bridgehead atoms. The van der Waals surface area contributed by atoms with E-state index >= 15 is 0 Å². The maximum absolute atomic E-state index is 11.4. The lowest BCUT2D eigenvalue weighted by molar-refractivity contribution is -0.0940. The number of ether oxygens (including phenoxy) is 1. The van der Waals surface area contributed by atoms with Gasteiger partial charge in [0.05, 0.1) is 6.54 Å². The van der Waals surface area contributed by atoms with Gasteiger partial charge in [-0.2, -0.15) is 5.06 Å². The SMILES string of the molecule is CC(C)=C=CCCCN(O)C(=O)OC(C)(C)C. The molecule has 0 unspecified atom stereocenters. The minimum atomic E-state index is -0.705. The van der Waals surface area contributed by atoms with Crippen molar-refractivity contribution >= 4 is 6.09 Å². The lowest BCUT2D eigenvalue weighted by Crippen LogP contribution is -2.35. The van der Waals surface area contributed by atoms with Crippen LogP contribution in [0.2, 0.25) is 0 Å². The van der Waals surface area contributed by atoms with Crippen molar-refractivity contribution in [2.24, 2.45) is 0 Å². The molecule has 17 heavy (non-hydrogen) atoms. The van der Waals surface area contributed by atoms with Crippen molar-refractivity contribution in [3.63, 3.8) is 0 Å². The molecule has 0 atom stereocenters. The van der Waals surface area contributed by atoms with Crippen LogP contribution in [0.1, 0.15) is 47.5 Å². The average molecular weight is 241 g/mol. The summed E-state index contributed by atoms with van der Waals surface area (Å²) in [6.45, 7) is 9.48. The van der Waals surface area contributed by atoms with Gasteiger partial charge in [-0.15, -0.1) is 5.73 Å². The van der Waals surface area contributed by atoms with Gasteiger partial charge in [0.1, 0.15) is 5.60 Å². The van der Waals surface area contributed by atoms with E-state index in [9.17, 15) is 10.0 Å². The first-order chi connectivity index (χ1) is 7.72. The minimum absolute atomic E-state index is 0.260. The second kappa shape index (κ2) is 7.15. The fourth-order valence-electron chi connectivity index (χ4n) is 1.03. The van der Waals surface area contributed by atoms with E-state index in [-0.39, 0.29) is 6.54 Å². The molecule has 0 aliphatic rings. The van der Waals surface area contributed by atoms with Crippen LogP contribution in [-0.4, -0.2) is 28.5 Å². The summed E-state index contributed by atoms with van der Waals surface area (Å²) < 4.78 is 5.00. The fraction of sp³-hybridized carbons (Fsp3) is 0.692. The summed E-state index contributed by atoms with van der Waals surface area (Å²) in [7, 11) is 0. The molecule has 0 rings (SSSR count). The second-order valence-corrected chi connectivity index (χ2v) is 5.09. The zero-order valence-corrected chi connectivity index (χ0v) is 11.4. The molecule has 0 aromatic rings. The Labute approximate surface area is 104 Å². The Morgan fingerprint density at radius 2 is 2.00 bits per heavy atom. The summed E-state index contributed by atoms with van der Waals surface area (Å²) in [5.74, 6) is 0. The number of nitrogens with zero attached hydrogens (tertiary/aromatic N) is 1. The molecule has 4 heteroatoms. The van der Waals surface area contributed by atoms with Gasteiger partial charge in [-0.1, -0.05) is 0 Å². The third-order valence-corrected chi connectivity index (χ3v) is 1.71. The molecule has 0 fully saturated rings. The van der Waals surface area contributed by atoms with Crippen molar-refractivity contribution in [3.8, 4) is 0 Å². The molecule has 0 aromatic heterocycles. The van der Waals surface area contributed by atoms with Gasteiger partial charge < -0.3 is 4.74 Å². The Morgan fingerprint density at radius 3 is 2.47 bits per heavy atom. The molecule has 0 aromatic carbocycles. The number of hydrogen-bond acceptors (Lipinski definition) is 3. The lowest BCUT2D eigenvalue weighted by Gasteiger charge is -2.23. The van der Waals surface area contributed by atoms with E-state index in [1.165, 1.54) is 0 Å². The maximum Gasteiger partial charge on any atom is 0.434 e. The van der Waals surface area contributed by atoms with Gasteiger partial charge in [0, 0.05) is 0 Å². The van der Waals surface area contributed by atoms with Crippen LogP contribution < -0.4 is 0 Å². The van der Waals surface area contributed by atoms with Crippen LogP contribution >= 0.6 is 0 Å². The molecule has 0 aliphatic carbocycles. The number of carbonyl (C=O) groups is 1. The smallest absolute Gasteiger partial charge is 0.434 e. The maximum atomic E-state index is 11.4. The highest BCUT2D eigenvalue weighted by Gasteiger charge is 2.20. The van der Waals surface area contributed by atoms with E-state index in [1.54, 1.807) is 20.8 Å². The monoisotopic (exact) mass is 241 g/mol. The Balaban J connectivity index is 3.91. The number of carbonyl (C=O) groups excluding carboxylic acids is 1. The summed E-state index contributed by atoms with van der Waals surface area (Å²) in [5.41, 5.74) is 3.59. The molecular weight excluding hydrogens is 218 g/mol. The van der Waals surface area contributed by atoms with E-state index < -0.39 is 11.7 Å². The molecular formula is C13H23NO3. The molecule has 98 valence electrons. The summed E-state index contributed by atoms with van der Waals surface area (Å²) in [6.07, 6.45) is 2.64. The highest BCUT2D eigenvalue weighted by atomic mass is 16.6. The van der Waals surface area contributed by atoms with Gasteiger partial charge >= 0.3 is 6.09 Å². The Morgan fingerprint density at radius 1 is 1.41 bits per heavy atom. The zero-order valence-electron chi connectivity index (χ0n) is 11.4. The number of rotatable bonds is 4. The Kier molecular flexibility index (Phi) is 6.62. The van der Waals surface area contributed by atoms with Crippen LogP contribution in [0.3, 0.4) is 0 Å². The van der Waals surface area contributed by atoms with E-state index in [0.29, 0.717) is 11.5 Å². The quantitative estimate of drug-likeness (QED) is 0.354. The van der Waals surface area contributed by atoms with Crippen LogP contribution in [0.25, 0.3) is 0 Å². The van der Waals surface area contributed by atoms with Crippen molar-refractivity contribution in [3.05, 3.63) is 17.4 Å². The van der Waals surface area contributed by atoms with Crippen LogP contribution in [0.15, 0.2) is 17.4 Å². The van der Waals surface area contributed by atoms with Gasteiger partial charge in [-0.3, -0.25) is 5.21 Å². The number of unbranched alkanes of at least 4 members (excludes halogenated alkanes) is 1. The molecule has 0 heterocycles. The number of allylic oxidation sites excluding steroid dienone is 1. The highest BCUT2D eigenvalue weighted by molar-refractivity contribution is 5.66. The molecule has 0 aliphatic heterocycles. The predicted molar refractivity (Wildman–Crippen MR) is 66.9 cm³/mol. The van der Waals surface area contributed by atoms with Crippen LogP contribution in [0, 0.1) is 0 Å². The molecule has 1 amide bonds. The normalized spacial score (nSPS) is 10.5. The number of amides is 1. The topological polar surface area (TPSA) is 49.8 Å². The zero-order chi connectivity index (χ0) is 13.5. The molecule has 4 nitrogen and oxygen atoms in total. The van der Waals surface area contributed by atoms with Crippen molar-refractivity contribution in [1.82, 2.24) is 5.06 Å². The molecule has 1 N–H and O–H groups in total. The van der Waals surface area contributed by atoms with Gasteiger partial charge in [0.2, 0.25) is 0 Å². The van der Waals surface area contributed by atoms with Gasteiger partial charge in [0.15, 0.2) is 0 Å². The average Bonchev–Trinajstić information content (AvgIpc) is 2.13. The summed E-state index contributed by atoms with van der Waals surface area (Å²) in [4.78, 5) is 11.4. The highest BCUT2D eigenvalue weighted by Crippen LogP contribution is 2.09. The molecule has 0 spiro atoms. The summed E-state index contributed by atoms with van der Waals surface area (Å²) >= 11 is 0. The minimum Gasteiger partial charge on any atom is -0.442 e. The van der Waals surface area contributed by atoms with Crippen LogP contribution in [-0.2, 0) is 4.74 Å².